The number of esters is 1. The summed E-state index contributed by atoms with van der Waals surface area (Å²) in [6.07, 6.45) is 0. The Morgan fingerprint density at radius 3 is 2.38 bits per heavy atom. The highest BCUT2D eigenvalue weighted by atomic mass is 19.1. The average Bonchev–Trinajstić information content (AvgIpc) is 2.66. The highest BCUT2D eigenvalue weighted by molar-refractivity contribution is 5.94. The van der Waals surface area contributed by atoms with Crippen LogP contribution in [0.4, 0.5) is 4.39 Å². The van der Waals surface area contributed by atoms with Crippen molar-refractivity contribution in [2.75, 3.05) is 20.8 Å². The maximum atomic E-state index is 13.5. The van der Waals surface area contributed by atoms with Crippen LogP contribution in [0, 0.1) is 11.7 Å². The minimum atomic E-state index is -0.504. The minimum absolute atomic E-state index is 0.161. The molecular formula is C20H22FNO4. The van der Waals surface area contributed by atoms with E-state index in [2.05, 4.69) is 0 Å². The van der Waals surface area contributed by atoms with Crippen molar-refractivity contribution in [2.45, 2.75) is 13.5 Å². The molecule has 0 bridgehead atoms. The van der Waals surface area contributed by atoms with E-state index in [-0.39, 0.29) is 24.6 Å². The first-order valence-electron chi connectivity index (χ1n) is 8.20. The van der Waals surface area contributed by atoms with E-state index in [4.69, 9.17) is 9.47 Å². The molecule has 5 nitrogen and oxygen atoms in total. The third kappa shape index (κ3) is 5.05. The van der Waals surface area contributed by atoms with Crippen LogP contribution in [0.25, 0.3) is 0 Å². The van der Waals surface area contributed by atoms with Gasteiger partial charge in [0.1, 0.15) is 11.6 Å². The second kappa shape index (κ2) is 8.99. The third-order valence-electron chi connectivity index (χ3n) is 3.99. The van der Waals surface area contributed by atoms with Gasteiger partial charge in [-0.25, -0.2) is 4.39 Å². The quantitative estimate of drug-likeness (QED) is 0.712. The van der Waals surface area contributed by atoms with Gasteiger partial charge < -0.3 is 14.4 Å². The number of halogens is 1. The molecule has 0 radical (unpaired) electrons. The lowest BCUT2D eigenvalue weighted by Gasteiger charge is -2.25. The Kier molecular flexibility index (Phi) is 6.72. The zero-order chi connectivity index (χ0) is 19.1. The number of amides is 1. The van der Waals surface area contributed by atoms with Gasteiger partial charge in [0.25, 0.3) is 5.91 Å². The van der Waals surface area contributed by atoms with Crippen molar-refractivity contribution in [3.05, 3.63) is 65.5 Å². The Balaban J connectivity index is 2.25. The molecule has 138 valence electrons. The summed E-state index contributed by atoms with van der Waals surface area (Å²) in [5.41, 5.74) is 1.10. The molecule has 2 rings (SSSR count). The Labute approximate surface area is 152 Å². The fraction of sp³-hybridized carbons (Fsp3) is 0.300. The van der Waals surface area contributed by atoms with Crippen LogP contribution in [0.15, 0.2) is 48.5 Å². The lowest BCUT2D eigenvalue weighted by molar-refractivity contribution is -0.145. The van der Waals surface area contributed by atoms with Gasteiger partial charge in [-0.15, -0.1) is 0 Å². The fourth-order valence-corrected chi connectivity index (χ4v) is 2.58. The fourth-order valence-electron chi connectivity index (χ4n) is 2.58. The van der Waals surface area contributed by atoms with Gasteiger partial charge in [-0.3, -0.25) is 9.59 Å². The summed E-state index contributed by atoms with van der Waals surface area (Å²) in [5, 5.41) is 0. The number of carbonyl (C=O) groups excluding carboxylic acids is 2. The van der Waals surface area contributed by atoms with Gasteiger partial charge in [-0.2, -0.15) is 0 Å². The molecule has 2 aromatic carbocycles. The molecule has 0 aliphatic heterocycles. The summed E-state index contributed by atoms with van der Waals surface area (Å²) >= 11 is 0. The number of nitrogens with zero attached hydrogens (tertiary/aromatic N) is 1. The molecule has 1 amide bonds. The van der Waals surface area contributed by atoms with Crippen molar-refractivity contribution >= 4 is 11.9 Å². The van der Waals surface area contributed by atoms with Crippen LogP contribution in [0.5, 0.6) is 5.75 Å². The molecule has 0 saturated carbocycles. The molecule has 6 heteroatoms. The van der Waals surface area contributed by atoms with E-state index in [1.165, 1.54) is 30.2 Å². The van der Waals surface area contributed by atoms with Gasteiger partial charge in [0, 0.05) is 18.7 Å². The SMILES string of the molecule is COC(=O)C(C)CN(Cc1ccc(OC)cc1)C(=O)c1cccc(F)c1. The molecule has 0 aliphatic rings. The molecule has 2 aromatic rings. The summed E-state index contributed by atoms with van der Waals surface area (Å²) in [4.78, 5) is 26.1. The summed E-state index contributed by atoms with van der Waals surface area (Å²) < 4.78 is 23.4. The second-order valence-corrected chi connectivity index (χ2v) is 5.97. The highest BCUT2D eigenvalue weighted by Gasteiger charge is 2.23. The van der Waals surface area contributed by atoms with Crippen molar-refractivity contribution in [1.82, 2.24) is 4.90 Å². The summed E-state index contributed by atoms with van der Waals surface area (Å²) in [6.45, 7) is 2.13. The molecule has 1 unspecified atom stereocenters. The predicted octanol–water partition coefficient (Wildman–Crippen LogP) is 3.29. The van der Waals surface area contributed by atoms with E-state index in [9.17, 15) is 14.0 Å². The van der Waals surface area contributed by atoms with Crippen molar-refractivity contribution in [1.29, 1.82) is 0 Å². The molecule has 0 spiro atoms. The van der Waals surface area contributed by atoms with Crippen LogP contribution in [0.1, 0.15) is 22.8 Å². The zero-order valence-corrected chi connectivity index (χ0v) is 15.1. The summed E-state index contributed by atoms with van der Waals surface area (Å²) in [7, 11) is 2.88. The molecule has 0 aromatic heterocycles. The average molecular weight is 359 g/mol. The first-order chi connectivity index (χ1) is 12.4. The first-order valence-corrected chi connectivity index (χ1v) is 8.20. The number of ether oxygens (including phenoxy) is 2. The Bertz CT molecular complexity index is 761. The standard InChI is InChI=1S/C20H22FNO4/c1-14(20(24)26-3)12-22(13-15-7-9-18(25-2)10-8-15)19(23)16-5-4-6-17(21)11-16/h4-11,14H,12-13H2,1-3H3. The van der Waals surface area contributed by atoms with E-state index in [1.54, 1.807) is 32.2 Å². The number of hydrogen-bond acceptors (Lipinski definition) is 4. The number of hydrogen-bond donors (Lipinski definition) is 0. The molecule has 0 saturated heterocycles. The van der Waals surface area contributed by atoms with Crippen LogP contribution < -0.4 is 4.74 Å². The van der Waals surface area contributed by atoms with Gasteiger partial charge in [0.2, 0.25) is 0 Å². The van der Waals surface area contributed by atoms with Crippen molar-refractivity contribution in [3.63, 3.8) is 0 Å². The summed E-state index contributed by atoms with van der Waals surface area (Å²) in [6, 6.07) is 12.8. The molecule has 0 fully saturated rings. The van der Waals surface area contributed by atoms with E-state index in [1.807, 2.05) is 12.1 Å². The van der Waals surface area contributed by atoms with E-state index >= 15 is 0 Å². The highest BCUT2D eigenvalue weighted by Crippen LogP contribution is 2.17. The van der Waals surface area contributed by atoms with E-state index in [0.29, 0.717) is 5.75 Å². The van der Waals surface area contributed by atoms with Gasteiger partial charge in [-0.05, 0) is 35.9 Å². The Morgan fingerprint density at radius 2 is 1.81 bits per heavy atom. The number of rotatable bonds is 7. The van der Waals surface area contributed by atoms with Crippen LogP contribution in [-0.2, 0) is 16.1 Å². The Morgan fingerprint density at radius 1 is 1.12 bits per heavy atom. The van der Waals surface area contributed by atoms with Crippen LogP contribution in [-0.4, -0.2) is 37.5 Å². The molecule has 0 aliphatic carbocycles. The predicted molar refractivity (Wildman–Crippen MR) is 95.3 cm³/mol. The lowest BCUT2D eigenvalue weighted by Crippen LogP contribution is -2.36. The molecule has 0 N–H and O–H groups in total. The van der Waals surface area contributed by atoms with Crippen LogP contribution in [0.2, 0.25) is 0 Å². The van der Waals surface area contributed by atoms with E-state index in [0.717, 1.165) is 5.56 Å². The lowest BCUT2D eigenvalue weighted by atomic mass is 10.1. The number of benzene rings is 2. The van der Waals surface area contributed by atoms with Crippen molar-refractivity contribution < 1.29 is 23.5 Å². The molecular weight excluding hydrogens is 337 g/mol. The van der Waals surface area contributed by atoms with Gasteiger partial charge in [0.05, 0.1) is 20.1 Å². The number of methoxy groups -OCH3 is 2. The first kappa shape index (κ1) is 19.4. The number of carbonyl (C=O) groups is 2. The maximum Gasteiger partial charge on any atom is 0.310 e. The third-order valence-corrected chi connectivity index (χ3v) is 3.99. The zero-order valence-electron chi connectivity index (χ0n) is 15.1. The molecule has 26 heavy (non-hydrogen) atoms. The van der Waals surface area contributed by atoms with Gasteiger partial charge >= 0.3 is 5.97 Å². The molecule has 1 atom stereocenters. The topological polar surface area (TPSA) is 55.8 Å². The summed E-state index contributed by atoms with van der Waals surface area (Å²) in [5.74, 6) is -1.04. The van der Waals surface area contributed by atoms with Gasteiger partial charge in [0.15, 0.2) is 0 Å². The van der Waals surface area contributed by atoms with Crippen molar-refractivity contribution in [2.24, 2.45) is 5.92 Å². The normalized spacial score (nSPS) is 11.5. The van der Waals surface area contributed by atoms with E-state index < -0.39 is 17.7 Å². The monoisotopic (exact) mass is 359 g/mol. The van der Waals surface area contributed by atoms with Gasteiger partial charge in [-0.1, -0.05) is 25.1 Å². The van der Waals surface area contributed by atoms with Crippen LogP contribution in [0.3, 0.4) is 0 Å². The minimum Gasteiger partial charge on any atom is -0.497 e. The smallest absolute Gasteiger partial charge is 0.310 e. The van der Waals surface area contributed by atoms with Crippen molar-refractivity contribution in [3.8, 4) is 5.75 Å². The van der Waals surface area contributed by atoms with Crippen LogP contribution >= 0.6 is 0 Å². The maximum absolute atomic E-state index is 13.5. The Hall–Kier alpha value is -2.89. The molecule has 0 heterocycles. The largest absolute Gasteiger partial charge is 0.497 e. The second-order valence-electron chi connectivity index (χ2n) is 5.97.